The van der Waals surface area contributed by atoms with Crippen molar-refractivity contribution in [1.82, 2.24) is 15.0 Å². The van der Waals surface area contributed by atoms with Crippen molar-refractivity contribution in [3.8, 4) is 45.8 Å². The van der Waals surface area contributed by atoms with Gasteiger partial charge in [-0.1, -0.05) is 17.3 Å². The van der Waals surface area contributed by atoms with E-state index in [-0.39, 0.29) is 19.9 Å². The number of nitrogens with zero attached hydrogens (tertiary/aromatic N) is 3. The number of methoxy groups -OCH3 is 4. The maximum absolute atomic E-state index is 13.5. The fraction of sp³-hybridized carbons (Fsp3) is 0.333. The van der Waals surface area contributed by atoms with Gasteiger partial charge in [-0.2, -0.15) is 0 Å². The van der Waals surface area contributed by atoms with Crippen LogP contribution in [0.1, 0.15) is 28.7 Å². The van der Waals surface area contributed by atoms with Crippen LogP contribution >= 0.6 is 0 Å². The van der Waals surface area contributed by atoms with Gasteiger partial charge in [0, 0.05) is 23.0 Å². The number of ether oxygens (including phenoxy) is 8. The Kier molecular flexibility index (Phi) is 7.51. The third kappa shape index (κ3) is 4.97. The molecule has 3 heterocycles. The molecule has 0 amide bonds. The van der Waals surface area contributed by atoms with Gasteiger partial charge in [-0.05, 0) is 47.5 Å². The van der Waals surface area contributed by atoms with Gasteiger partial charge in [0.1, 0.15) is 24.1 Å². The van der Waals surface area contributed by atoms with Gasteiger partial charge in [-0.3, -0.25) is 9.59 Å². The van der Waals surface area contributed by atoms with Gasteiger partial charge in [0.2, 0.25) is 12.5 Å². The summed E-state index contributed by atoms with van der Waals surface area (Å²) in [6, 6.07) is 14.7. The second-order valence-electron chi connectivity index (χ2n) is 11.0. The van der Waals surface area contributed by atoms with Crippen LogP contribution in [0, 0.1) is 11.8 Å². The average molecular weight is 630 g/mol. The minimum atomic E-state index is -0.812. The topological polar surface area (TPSA) is 139 Å². The molecule has 3 aromatic carbocycles. The van der Waals surface area contributed by atoms with E-state index in [9.17, 15) is 9.59 Å². The lowest BCUT2D eigenvalue weighted by Gasteiger charge is -2.38. The Morgan fingerprint density at radius 1 is 0.913 bits per heavy atom. The van der Waals surface area contributed by atoms with Crippen molar-refractivity contribution in [3.63, 3.8) is 0 Å². The molecule has 0 radical (unpaired) electrons. The summed E-state index contributed by atoms with van der Waals surface area (Å²) in [7, 11) is 6.18. The number of cyclic esters (lactones) is 1. The maximum Gasteiger partial charge on any atom is 0.328 e. The number of carbonyl (C=O) groups is 2. The summed E-state index contributed by atoms with van der Waals surface area (Å²) in [6.07, 6.45) is 0.849. The lowest BCUT2D eigenvalue weighted by Crippen LogP contribution is -2.37. The largest absolute Gasteiger partial charge is 0.497 e. The maximum atomic E-state index is 13.5. The van der Waals surface area contributed by atoms with Crippen molar-refractivity contribution in [1.29, 1.82) is 0 Å². The minimum Gasteiger partial charge on any atom is -0.497 e. The number of aromatic nitrogens is 3. The van der Waals surface area contributed by atoms with E-state index >= 15 is 0 Å². The van der Waals surface area contributed by atoms with Crippen molar-refractivity contribution in [2.24, 2.45) is 11.8 Å². The van der Waals surface area contributed by atoms with Crippen LogP contribution in [0.5, 0.6) is 34.5 Å². The molecule has 238 valence electrons. The molecule has 0 unspecified atom stereocenters. The molecular formula is C33H31N3O10. The first-order valence-corrected chi connectivity index (χ1v) is 14.6. The summed E-state index contributed by atoms with van der Waals surface area (Å²) in [5.74, 6) is 0.405. The Morgan fingerprint density at radius 3 is 2.35 bits per heavy atom. The lowest BCUT2D eigenvalue weighted by atomic mass is 9.66. The third-order valence-electron chi connectivity index (χ3n) is 8.62. The molecule has 4 aromatic rings. The molecule has 1 fully saturated rings. The van der Waals surface area contributed by atoms with Crippen molar-refractivity contribution < 1.29 is 47.5 Å². The fourth-order valence-corrected chi connectivity index (χ4v) is 6.55. The van der Waals surface area contributed by atoms with Crippen LogP contribution in [0.3, 0.4) is 0 Å². The second kappa shape index (κ2) is 11.8. The quantitative estimate of drug-likeness (QED) is 0.248. The van der Waals surface area contributed by atoms with Gasteiger partial charge in [0.25, 0.3) is 0 Å². The van der Waals surface area contributed by atoms with E-state index < -0.39 is 35.8 Å². The van der Waals surface area contributed by atoms with Crippen molar-refractivity contribution >= 4 is 11.9 Å². The monoisotopic (exact) mass is 629 g/mol. The molecular weight excluding hydrogens is 598 g/mol. The summed E-state index contributed by atoms with van der Waals surface area (Å²) < 4.78 is 46.7. The Balaban J connectivity index is 1.25. The van der Waals surface area contributed by atoms with Gasteiger partial charge in [0.15, 0.2) is 23.0 Å². The average Bonchev–Trinajstić information content (AvgIpc) is 3.83. The van der Waals surface area contributed by atoms with E-state index in [0.29, 0.717) is 45.8 Å². The van der Waals surface area contributed by atoms with Crippen LogP contribution in [-0.2, 0) is 25.6 Å². The molecule has 1 aliphatic carbocycles. The summed E-state index contributed by atoms with van der Waals surface area (Å²) in [5, 5.41) is 8.33. The molecule has 4 atom stereocenters. The first-order valence-electron chi connectivity index (χ1n) is 14.6. The molecule has 2 aliphatic heterocycles. The number of benzene rings is 3. The van der Waals surface area contributed by atoms with Crippen LogP contribution in [0.25, 0.3) is 11.3 Å². The van der Waals surface area contributed by atoms with E-state index in [2.05, 4.69) is 10.3 Å². The fourth-order valence-electron chi connectivity index (χ4n) is 6.55. The second-order valence-corrected chi connectivity index (χ2v) is 11.0. The predicted octanol–water partition coefficient (Wildman–Crippen LogP) is 3.93. The van der Waals surface area contributed by atoms with Crippen molar-refractivity contribution in [2.75, 3.05) is 41.8 Å². The predicted molar refractivity (Wildman–Crippen MR) is 159 cm³/mol. The summed E-state index contributed by atoms with van der Waals surface area (Å²) in [4.78, 5) is 26.9. The van der Waals surface area contributed by atoms with Gasteiger partial charge in [-0.25, -0.2) is 4.68 Å². The van der Waals surface area contributed by atoms with Gasteiger partial charge < -0.3 is 37.9 Å². The molecule has 1 saturated heterocycles. The summed E-state index contributed by atoms with van der Waals surface area (Å²) in [5.41, 5.74) is 3.52. The Hall–Kier alpha value is -5.46. The van der Waals surface area contributed by atoms with Crippen LogP contribution < -0.4 is 28.4 Å². The van der Waals surface area contributed by atoms with Gasteiger partial charge in [-0.15, -0.1) is 5.10 Å². The normalized spacial score (nSPS) is 20.7. The number of fused-ring (bicyclic) bond motifs is 3. The van der Waals surface area contributed by atoms with E-state index in [0.717, 1.165) is 16.7 Å². The summed E-state index contributed by atoms with van der Waals surface area (Å²) >= 11 is 0. The zero-order valence-corrected chi connectivity index (χ0v) is 25.6. The van der Waals surface area contributed by atoms with Crippen LogP contribution in [-0.4, -0.2) is 68.8 Å². The molecule has 7 rings (SSSR count). The van der Waals surface area contributed by atoms with Gasteiger partial charge >= 0.3 is 11.9 Å². The lowest BCUT2D eigenvalue weighted by molar-refractivity contribution is -0.155. The Morgan fingerprint density at radius 2 is 1.65 bits per heavy atom. The van der Waals surface area contributed by atoms with E-state index in [1.54, 1.807) is 13.3 Å². The van der Waals surface area contributed by atoms with E-state index in [1.165, 1.54) is 26.0 Å². The van der Waals surface area contributed by atoms with Crippen LogP contribution in [0.15, 0.2) is 54.7 Å². The zero-order valence-electron chi connectivity index (χ0n) is 25.6. The molecule has 1 aromatic heterocycles. The van der Waals surface area contributed by atoms with Crippen LogP contribution in [0.4, 0.5) is 0 Å². The highest BCUT2D eigenvalue weighted by Crippen LogP contribution is 2.56. The number of rotatable bonds is 9. The summed E-state index contributed by atoms with van der Waals surface area (Å²) in [6.45, 7) is -0.0796. The first kappa shape index (κ1) is 29.3. The minimum absolute atomic E-state index is 0.0499. The molecule has 46 heavy (non-hydrogen) atoms. The van der Waals surface area contributed by atoms with Crippen molar-refractivity contribution in [3.05, 3.63) is 71.4 Å². The first-order chi connectivity index (χ1) is 22.4. The number of hydrogen-bond donors (Lipinski definition) is 0. The zero-order chi connectivity index (χ0) is 31.9. The molecule has 3 aliphatic rings. The van der Waals surface area contributed by atoms with E-state index in [4.69, 9.17) is 37.9 Å². The number of hydrogen-bond acceptors (Lipinski definition) is 12. The molecule has 13 heteroatoms. The smallest absolute Gasteiger partial charge is 0.328 e. The SMILES string of the molecule is COc1cccc(-c2cn(CC(=O)O[C@H]3c4cc5c(cc4[C@@H](c4cc(OC)c(OC)c(OC)c4)[C@H]4C(=O)OC[C@@H]43)OCO5)nn2)c1. The molecule has 0 saturated carbocycles. The van der Waals surface area contributed by atoms with E-state index in [1.807, 2.05) is 48.5 Å². The third-order valence-corrected chi connectivity index (χ3v) is 8.62. The van der Waals surface area contributed by atoms with Crippen LogP contribution in [0.2, 0.25) is 0 Å². The molecule has 0 spiro atoms. The molecule has 0 bridgehead atoms. The highest BCUT2D eigenvalue weighted by atomic mass is 16.7. The van der Waals surface area contributed by atoms with Crippen molar-refractivity contribution in [2.45, 2.75) is 18.6 Å². The number of esters is 2. The highest BCUT2D eigenvalue weighted by Gasteiger charge is 2.54. The highest BCUT2D eigenvalue weighted by molar-refractivity contribution is 5.79. The molecule has 0 N–H and O–H groups in total. The molecule has 13 nitrogen and oxygen atoms in total. The van der Waals surface area contributed by atoms with Gasteiger partial charge in [0.05, 0.1) is 47.2 Å². The Bertz CT molecular complexity index is 1800. The standard InChI is InChI=1S/C33H31N3O10/c1-39-19-7-5-6-17(8-19)23-13-36(35-34-23)14-28(37)46-31-21-12-25-24(44-16-45-25)11-20(21)29(30-22(31)15-43-33(30)38)18-9-26(40-2)32(42-4)27(10-18)41-3/h5-13,22,29-31H,14-16H2,1-4H3/t22-,29+,30-,31-/m0/s1. The Labute approximate surface area is 263 Å². The number of carbonyl (C=O) groups excluding carboxylic acids is 2.